The molecule has 0 saturated carbocycles. The summed E-state index contributed by atoms with van der Waals surface area (Å²) in [6, 6.07) is 18.2. The highest BCUT2D eigenvalue weighted by Crippen LogP contribution is 2.31. The molecule has 0 aromatic heterocycles. The summed E-state index contributed by atoms with van der Waals surface area (Å²) in [7, 11) is 0. The molecule has 1 aliphatic rings. The van der Waals surface area contributed by atoms with Crippen molar-refractivity contribution in [1.29, 1.82) is 0 Å². The fraction of sp³-hybridized carbons (Fsp3) is 0.381. The largest absolute Gasteiger partial charge is 0.493 e. The van der Waals surface area contributed by atoms with Gasteiger partial charge in [-0.3, -0.25) is 4.99 Å². The SMILES string of the molecule is CCNC(=NCC(O)Cc1ccccc1)NC1CCOc2ccccc21. The van der Waals surface area contributed by atoms with Gasteiger partial charge in [-0.05, 0) is 18.6 Å². The van der Waals surface area contributed by atoms with Crippen molar-refractivity contribution in [2.75, 3.05) is 19.7 Å². The van der Waals surface area contributed by atoms with Crippen LogP contribution in [0.1, 0.15) is 30.5 Å². The van der Waals surface area contributed by atoms with Crippen molar-refractivity contribution in [1.82, 2.24) is 10.6 Å². The molecule has 0 amide bonds. The van der Waals surface area contributed by atoms with E-state index in [-0.39, 0.29) is 6.04 Å². The van der Waals surface area contributed by atoms with Gasteiger partial charge in [0.25, 0.3) is 0 Å². The number of hydrogen-bond acceptors (Lipinski definition) is 3. The number of aliphatic hydroxyl groups is 1. The molecular weight excluding hydrogens is 326 g/mol. The highest BCUT2D eigenvalue weighted by Gasteiger charge is 2.21. The monoisotopic (exact) mass is 353 g/mol. The van der Waals surface area contributed by atoms with Crippen molar-refractivity contribution < 1.29 is 9.84 Å². The summed E-state index contributed by atoms with van der Waals surface area (Å²) < 4.78 is 5.72. The van der Waals surface area contributed by atoms with Crippen LogP contribution in [-0.4, -0.2) is 36.9 Å². The van der Waals surface area contributed by atoms with Crippen LogP contribution in [0.2, 0.25) is 0 Å². The minimum absolute atomic E-state index is 0.156. The van der Waals surface area contributed by atoms with Gasteiger partial charge in [0.15, 0.2) is 5.96 Å². The Kier molecular flexibility index (Phi) is 6.50. The Morgan fingerprint density at radius 3 is 2.77 bits per heavy atom. The average molecular weight is 353 g/mol. The topological polar surface area (TPSA) is 65.9 Å². The molecule has 0 saturated heterocycles. The third-order valence-corrected chi connectivity index (χ3v) is 4.39. The zero-order valence-electron chi connectivity index (χ0n) is 15.2. The minimum atomic E-state index is -0.505. The Morgan fingerprint density at radius 1 is 1.19 bits per heavy atom. The van der Waals surface area contributed by atoms with Crippen molar-refractivity contribution in [3.8, 4) is 5.75 Å². The lowest BCUT2D eigenvalue weighted by Crippen LogP contribution is -2.41. The van der Waals surface area contributed by atoms with Gasteiger partial charge in [-0.25, -0.2) is 0 Å². The van der Waals surface area contributed by atoms with Crippen LogP contribution in [0.15, 0.2) is 59.6 Å². The number of ether oxygens (including phenoxy) is 1. The van der Waals surface area contributed by atoms with Crippen LogP contribution in [-0.2, 0) is 6.42 Å². The van der Waals surface area contributed by atoms with Crippen LogP contribution in [0.25, 0.3) is 0 Å². The summed E-state index contributed by atoms with van der Waals surface area (Å²) in [5, 5.41) is 17.0. The Labute approximate surface area is 155 Å². The molecule has 5 nitrogen and oxygen atoms in total. The van der Waals surface area contributed by atoms with E-state index in [0.29, 0.717) is 19.6 Å². The molecule has 0 fully saturated rings. The predicted molar refractivity (Wildman–Crippen MR) is 105 cm³/mol. The van der Waals surface area contributed by atoms with Gasteiger partial charge in [-0.1, -0.05) is 48.5 Å². The summed E-state index contributed by atoms with van der Waals surface area (Å²) in [5.74, 6) is 1.65. The normalized spacial score (nSPS) is 17.8. The molecule has 1 aliphatic heterocycles. The van der Waals surface area contributed by atoms with Gasteiger partial charge in [-0.15, -0.1) is 0 Å². The summed E-state index contributed by atoms with van der Waals surface area (Å²) in [4.78, 5) is 4.58. The van der Waals surface area contributed by atoms with Crippen LogP contribution in [0, 0.1) is 0 Å². The minimum Gasteiger partial charge on any atom is -0.493 e. The lowest BCUT2D eigenvalue weighted by Gasteiger charge is -2.28. The second kappa shape index (κ2) is 9.25. The molecule has 0 bridgehead atoms. The van der Waals surface area contributed by atoms with Crippen LogP contribution in [0.5, 0.6) is 5.75 Å². The van der Waals surface area contributed by atoms with Crippen LogP contribution < -0.4 is 15.4 Å². The first-order valence-electron chi connectivity index (χ1n) is 9.25. The number of aliphatic hydroxyl groups excluding tert-OH is 1. The third kappa shape index (κ3) is 4.99. The molecule has 2 unspecified atom stereocenters. The maximum absolute atomic E-state index is 10.3. The molecule has 2 aromatic rings. The second-order valence-corrected chi connectivity index (χ2v) is 6.44. The fourth-order valence-electron chi connectivity index (χ4n) is 3.12. The molecule has 3 rings (SSSR count). The van der Waals surface area contributed by atoms with Crippen LogP contribution in [0.4, 0.5) is 0 Å². The number of nitrogens with zero attached hydrogens (tertiary/aromatic N) is 1. The van der Waals surface area contributed by atoms with Gasteiger partial charge in [-0.2, -0.15) is 0 Å². The zero-order valence-corrected chi connectivity index (χ0v) is 15.2. The molecule has 138 valence electrons. The molecule has 5 heteroatoms. The quantitative estimate of drug-likeness (QED) is 0.552. The van der Waals surface area contributed by atoms with E-state index in [9.17, 15) is 5.11 Å². The maximum Gasteiger partial charge on any atom is 0.191 e. The highest BCUT2D eigenvalue weighted by atomic mass is 16.5. The molecule has 0 aliphatic carbocycles. The number of hydrogen-bond donors (Lipinski definition) is 3. The van der Waals surface area contributed by atoms with Crippen molar-refractivity contribution in [2.45, 2.75) is 31.9 Å². The van der Waals surface area contributed by atoms with Gasteiger partial charge in [0.2, 0.25) is 0 Å². The second-order valence-electron chi connectivity index (χ2n) is 6.44. The predicted octanol–water partition coefficient (Wildman–Crippen LogP) is 2.67. The molecule has 0 spiro atoms. The van der Waals surface area contributed by atoms with Crippen molar-refractivity contribution >= 4 is 5.96 Å². The molecule has 3 N–H and O–H groups in total. The van der Waals surface area contributed by atoms with Gasteiger partial charge in [0, 0.05) is 24.9 Å². The first-order valence-corrected chi connectivity index (χ1v) is 9.25. The number of para-hydroxylation sites is 1. The average Bonchev–Trinajstić information content (AvgIpc) is 2.67. The lowest BCUT2D eigenvalue weighted by atomic mass is 10.0. The van der Waals surface area contributed by atoms with Crippen molar-refractivity contribution in [3.63, 3.8) is 0 Å². The van der Waals surface area contributed by atoms with E-state index in [0.717, 1.165) is 35.8 Å². The number of fused-ring (bicyclic) bond motifs is 1. The summed E-state index contributed by atoms with van der Waals surface area (Å²) >= 11 is 0. The maximum atomic E-state index is 10.3. The van der Waals surface area contributed by atoms with E-state index in [1.54, 1.807) is 0 Å². The number of nitrogens with one attached hydrogen (secondary N) is 2. The van der Waals surface area contributed by atoms with Gasteiger partial charge < -0.3 is 20.5 Å². The molecule has 0 radical (unpaired) electrons. The van der Waals surface area contributed by atoms with Gasteiger partial charge in [0.1, 0.15) is 5.75 Å². The number of guanidine groups is 1. The van der Waals surface area contributed by atoms with E-state index >= 15 is 0 Å². The van der Waals surface area contributed by atoms with E-state index in [2.05, 4.69) is 21.7 Å². The fourth-order valence-corrected chi connectivity index (χ4v) is 3.12. The van der Waals surface area contributed by atoms with E-state index in [4.69, 9.17) is 4.74 Å². The Morgan fingerprint density at radius 2 is 1.96 bits per heavy atom. The Hall–Kier alpha value is -2.53. The number of benzene rings is 2. The first-order chi connectivity index (χ1) is 12.8. The molecule has 1 heterocycles. The Bertz CT molecular complexity index is 718. The van der Waals surface area contributed by atoms with Gasteiger partial charge in [0.05, 0.1) is 25.3 Å². The van der Waals surface area contributed by atoms with E-state index < -0.39 is 6.10 Å². The smallest absolute Gasteiger partial charge is 0.191 e. The van der Waals surface area contributed by atoms with Crippen LogP contribution in [0.3, 0.4) is 0 Å². The summed E-state index contributed by atoms with van der Waals surface area (Å²) in [5.41, 5.74) is 2.26. The molecule has 2 aromatic carbocycles. The van der Waals surface area contributed by atoms with Gasteiger partial charge >= 0.3 is 0 Å². The van der Waals surface area contributed by atoms with E-state index in [1.165, 1.54) is 0 Å². The van der Waals surface area contributed by atoms with Crippen molar-refractivity contribution in [2.24, 2.45) is 4.99 Å². The molecule has 26 heavy (non-hydrogen) atoms. The standard InChI is InChI=1S/C21H27N3O2/c1-2-22-21(23-15-17(25)14-16-8-4-3-5-9-16)24-19-12-13-26-20-11-7-6-10-18(19)20/h3-11,17,19,25H,2,12-15H2,1H3,(H2,22,23,24). The third-order valence-electron chi connectivity index (χ3n) is 4.39. The van der Waals surface area contributed by atoms with E-state index in [1.807, 2.05) is 55.5 Å². The Balaban J connectivity index is 1.63. The number of aliphatic imine (C=N–C) groups is 1. The number of rotatable bonds is 6. The highest BCUT2D eigenvalue weighted by molar-refractivity contribution is 5.80. The lowest BCUT2D eigenvalue weighted by molar-refractivity contribution is 0.183. The molecule has 2 atom stereocenters. The first kappa shape index (κ1) is 18.3. The summed E-state index contributed by atoms with van der Waals surface area (Å²) in [6.07, 6.45) is 0.979. The van der Waals surface area contributed by atoms with Crippen molar-refractivity contribution in [3.05, 3.63) is 65.7 Å². The van der Waals surface area contributed by atoms with Crippen LogP contribution >= 0.6 is 0 Å². The zero-order chi connectivity index (χ0) is 18.2. The molecular formula is C21H27N3O2. The summed E-state index contributed by atoms with van der Waals surface area (Å²) in [6.45, 7) is 3.85.